The fraction of sp³-hybridized carbons (Fsp3) is 0.167. The molecule has 140 valence electrons. The van der Waals surface area contributed by atoms with Crippen molar-refractivity contribution < 1.29 is 23.8 Å². The molecule has 0 bridgehead atoms. The molecule has 2 aromatic heterocycles. The van der Waals surface area contributed by atoms with Crippen LogP contribution >= 0.6 is 11.3 Å². The van der Waals surface area contributed by atoms with Gasteiger partial charge in [0, 0.05) is 24.9 Å². The minimum atomic E-state index is -1.36. The molecule has 2 N–H and O–H groups in total. The smallest absolute Gasteiger partial charge is 0.351 e. The van der Waals surface area contributed by atoms with E-state index in [4.69, 9.17) is 14.3 Å². The van der Waals surface area contributed by atoms with E-state index in [1.165, 1.54) is 17.0 Å². The zero-order valence-corrected chi connectivity index (χ0v) is 15.3. The lowest BCUT2D eigenvalue weighted by molar-refractivity contribution is 0.0692. The van der Waals surface area contributed by atoms with E-state index in [1.54, 1.807) is 31.3 Å². The van der Waals surface area contributed by atoms with Crippen LogP contribution in [0.4, 0.5) is 15.5 Å². The zero-order chi connectivity index (χ0) is 19.6. The number of nitrogens with zero attached hydrogens (tertiary/aromatic N) is 1. The van der Waals surface area contributed by atoms with Crippen LogP contribution in [0.15, 0.2) is 45.6 Å². The third-order valence-corrected chi connectivity index (χ3v) is 4.68. The Labute approximate surface area is 157 Å². The lowest BCUT2D eigenvalue weighted by Gasteiger charge is -2.18. The SMILES string of the molecule is CCOc1cccc(N(C)C(=O)Nc2cc3oc(=O)c(C(=O)O)cc3s2)c1. The van der Waals surface area contributed by atoms with Crippen LogP contribution in [0.25, 0.3) is 10.3 Å². The number of urea groups is 1. The van der Waals surface area contributed by atoms with Gasteiger partial charge >= 0.3 is 17.6 Å². The number of rotatable bonds is 5. The quantitative estimate of drug-likeness (QED) is 0.691. The first-order valence-electron chi connectivity index (χ1n) is 7.97. The van der Waals surface area contributed by atoms with Crippen molar-refractivity contribution in [1.29, 1.82) is 0 Å². The molecular formula is C18H16N2O6S. The molecule has 1 aromatic carbocycles. The second-order valence-corrected chi connectivity index (χ2v) is 6.60. The van der Waals surface area contributed by atoms with Crippen molar-refractivity contribution in [3.63, 3.8) is 0 Å². The number of aromatic carboxylic acids is 1. The van der Waals surface area contributed by atoms with E-state index in [0.29, 0.717) is 27.7 Å². The Morgan fingerprint density at radius 3 is 2.78 bits per heavy atom. The van der Waals surface area contributed by atoms with E-state index in [9.17, 15) is 14.4 Å². The number of carbonyl (C=O) groups excluding carboxylic acids is 1. The molecule has 2 heterocycles. The van der Waals surface area contributed by atoms with Gasteiger partial charge in [0.25, 0.3) is 0 Å². The molecule has 27 heavy (non-hydrogen) atoms. The van der Waals surface area contributed by atoms with E-state index in [1.807, 2.05) is 6.92 Å². The number of amides is 2. The summed E-state index contributed by atoms with van der Waals surface area (Å²) in [7, 11) is 1.61. The predicted molar refractivity (Wildman–Crippen MR) is 102 cm³/mol. The first-order valence-corrected chi connectivity index (χ1v) is 8.79. The molecular weight excluding hydrogens is 372 g/mol. The predicted octanol–water partition coefficient (Wildman–Crippen LogP) is 3.62. The highest BCUT2D eigenvalue weighted by molar-refractivity contribution is 7.22. The van der Waals surface area contributed by atoms with Gasteiger partial charge in [-0.3, -0.25) is 10.2 Å². The average Bonchev–Trinajstić information content (AvgIpc) is 3.01. The van der Waals surface area contributed by atoms with E-state index < -0.39 is 23.2 Å². The second kappa shape index (κ2) is 7.50. The number of ether oxygens (including phenoxy) is 1. The number of thiophene rings is 1. The van der Waals surface area contributed by atoms with Crippen LogP contribution < -0.4 is 20.6 Å². The van der Waals surface area contributed by atoms with Crippen LogP contribution in [0.2, 0.25) is 0 Å². The van der Waals surface area contributed by atoms with Crippen LogP contribution in [0.5, 0.6) is 5.75 Å². The average molecular weight is 388 g/mol. The maximum atomic E-state index is 12.5. The standard InChI is InChI=1S/C18H16N2O6S/c1-3-25-11-6-4-5-10(7-11)20(2)18(24)19-15-9-13-14(27-15)8-12(16(21)22)17(23)26-13/h4-9H,3H2,1-2H3,(H,19,24)(H,21,22). The van der Waals surface area contributed by atoms with Gasteiger partial charge in [0.1, 0.15) is 16.3 Å². The summed E-state index contributed by atoms with van der Waals surface area (Å²) in [6, 6.07) is 9.40. The molecule has 0 atom stereocenters. The summed E-state index contributed by atoms with van der Waals surface area (Å²) in [5.74, 6) is -0.710. The maximum Gasteiger partial charge on any atom is 0.351 e. The van der Waals surface area contributed by atoms with Gasteiger partial charge in [-0.1, -0.05) is 6.07 Å². The summed E-state index contributed by atoms with van der Waals surface area (Å²) in [4.78, 5) is 36.6. The van der Waals surface area contributed by atoms with Gasteiger partial charge in [-0.05, 0) is 25.1 Å². The van der Waals surface area contributed by atoms with Crippen LogP contribution in [-0.4, -0.2) is 30.8 Å². The Morgan fingerprint density at radius 1 is 1.30 bits per heavy atom. The first-order chi connectivity index (χ1) is 12.9. The molecule has 0 aliphatic carbocycles. The minimum Gasteiger partial charge on any atom is -0.494 e. The van der Waals surface area contributed by atoms with Crippen LogP contribution in [0.1, 0.15) is 17.3 Å². The molecule has 0 aliphatic rings. The number of hydrogen-bond donors (Lipinski definition) is 2. The molecule has 3 aromatic rings. The number of carbonyl (C=O) groups is 2. The van der Waals surface area contributed by atoms with Gasteiger partial charge in [-0.15, -0.1) is 11.3 Å². The number of nitrogens with one attached hydrogen (secondary N) is 1. The number of carboxylic acid groups (broad SMARTS) is 1. The maximum absolute atomic E-state index is 12.5. The summed E-state index contributed by atoms with van der Waals surface area (Å²) >= 11 is 1.11. The molecule has 0 spiro atoms. The lowest BCUT2D eigenvalue weighted by atomic mass is 10.3. The van der Waals surface area contributed by atoms with Gasteiger partial charge < -0.3 is 14.3 Å². The van der Waals surface area contributed by atoms with E-state index in [2.05, 4.69) is 5.32 Å². The highest BCUT2D eigenvalue weighted by atomic mass is 32.1. The first kappa shape index (κ1) is 18.5. The van der Waals surface area contributed by atoms with Crippen molar-refractivity contribution >= 4 is 44.3 Å². The molecule has 0 saturated heterocycles. The summed E-state index contributed by atoms with van der Waals surface area (Å²) in [5.41, 5.74) is -0.534. The summed E-state index contributed by atoms with van der Waals surface area (Å²) in [5, 5.41) is 12.1. The molecule has 9 heteroatoms. The topological polar surface area (TPSA) is 109 Å². The van der Waals surface area contributed by atoms with Crippen molar-refractivity contribution in [1.82, 2.24) is 0 Å². The summed E-state index contributed by atoms with van der Waals surface area (Å²) in [6.07, 6.45) is 0. The zero-order valence-electron chi connectivity index (χ0n) is 14.5. The molecule has 2 amide bonds. The Morgan fingerprint density at radius 2 is 2.07 bits per heavy atom. The van der Waals surface area contributed by atoms with Crippen molar-refractivity contribution in [3.05, 3.63) is 52.4 Å². The highest BCUT2D eigenvalue weighted by Gasteiger charge is 2.17. The van der Waals surface area contributed by atoms with Crippen LogP contribution in [-0.2, 0) is 0 Å². The number of benzene rings is 1. The largest absolute Gasteiger partial charge is 0.494 e. The van der Waals surface area contributed by atoms with Gasteiger partial charge in [0.15, 0.2) is 5.58 Å². The lowest BCUT2D eigenvalue weighted by Crippen LogP contribution is -2.30. The number of hydrogen-bond acceptors (Lipinski definition) is 6. The monoisotopic (exact) mass is 388 g/mol. The molecule has 0 aliphatic heterocycles. The normalized spacial score (nSPS) is 10.6. The van der Waals surface area contributed by atoms with Crippen molar-refractivity contribution in [2.75, 3.05) is 23.9 Å². The van der Waals surface area contributed by atoms with Crippen LogP contribution in [0, 0.1) is 0 Å². The van der Waals surface area contributed by atoms with Crippen molar-refractivity contribution in [3.8, 4) is 5.75 Å². The fourth-order valence-electron chi connectivity index (χ4n) is 2.38. The summed E-state index contributed by atoms with van der Waals surface area (Å²) < 4.78 is 10.9. The van der Waals surface area contributed by atoms with Gasteiger partial charge in [-0.25, -0.2) is 14.4 Å². The second-order valence-electron chi connectivity index (χ2n) is 5.51. The van der Waals surface area contributed by atoms with E-state index >= 15 is 0 Å². The molecule has 8 nitrogen and oxygen atoms in total. The molecule has 0 unspecified atom stereocenters. The molecule has 0 saturated carbocycles. The van der Waals surface area contributed by atoms with Gasteiger partial charge in [-0.2, -0.15) is 0 Å². The summed E-state index contributed by atoms with van der Waals surface area (Å²) in [6.45, 7) is 2.39. The third-order valence-electron chi connectivity index (χ3n) is 3.70. The third kappa shape index (κ3) is 3.93. The highest BCUT2D eigenvalue weighted by Crippen LogP contribution is 2.30. The Balaban J connectivity index is 1.82. The molecule has 3 rings (SSSR count). The van der Waals surface area contributed by atoms with Crippen LogP contribution in [0.3, 0.4) is 0 Å². The Hall–Kier alpha value is -3.33. The van der Waals surface area contributed by atoms with Crippen molar-refractivity contribution in [2.24, 2.45) is 0 Å². The molecule has 0 fully saturated rings. The number of carboxylic acids is 1. The number of fused-ring (bicyclic) bond motifs is 1. The Bertz CT molecular complexity index is 1070. The van der Waals surface area contributed by atoms with Gasteiger partial charge in [0.2, 0.25) is 0 Å². The molecule has 0 radical (unpaired) electrons. The van der Waals surface area contributed by atoms with E-state index in [-0.39, 0.29) is 5.58 Å². The van der Waals surface area contributed by atoms with Gasteiger partial charge in [0.05, 0.1) is 11.3 Å². The van der Waals surface area contributed by atoms with Crippen molar-refractivity contribution in [2.45, 2.75) is 6.92 Å². The fourth-order valence-corrected chi connectivity index (χ4v) is 3.30. The minimum absolute atomic E-state index is 0.214. The Kier molecular flexibility index (Phi) is 5.13. The number of anilines is 2. The van der Waals surface area contributed by atoms with E-state index in [0.717, 1.165) is 11.3 Å².